The number of rotatable bonds is 4. The van der Waals surface area contributed by atoms with E-state index in [1.54, 1.807) is 0 Å². The largest absolute Gasteiger partial charge is 0.475 e. The number of furan rings is 1. The van der Waals surface area contributed by atoms with Crippen molar-refractivity contribution < 1.29 is 22.7 Å². The van der Waals surface area contributed by atoms with Crippen LogP contribution in [0.1, 0.15) is 10.6 Å². The van der Waals surface area contributed by atoms with Gasteiger partial charge in [0.2, 0.25) is 10.9 Å². The van der Waals surface area contributed by atoms with Crippen molar-refractivity contribution in [1.82, 2.24) is 0 Å². The highest BCUT2D eigenvalue weighted by Gasteiger charge is 2.21. The summed E-state index contributed by atoms with van der Waals surface area (Å²) in [6.07, 6.45) is 0. The monoisotopic (exact) mass is 379 g/mol. The van der Waals surface area contributed by atoms with Gasteiger partial charge in [-0.2, -0.15) is 8.42 Å². The molecule has 2 aromatic rings. The lowest BCUT2D eigenvalue weighted by molar-refractivity contribution is 0.0656. The van der Waals surface area contributed by atoms with Crippen molar-refractivity contribution >= 4 is 49.2 Å². The Balaban J connectivity index is 2.30. The van der Waals surface area contributed by atoms with Gasteiger partial charge in [-0.05, 0) is 46.3 Å². The van der Waals surface area contributed by atoms with Gasteiger partial charge >= 0.3 is 5.97 Å². The summed E-state index contributed by atoms with van der Waals surface area (Å²) in [5.41, 5.74) is 0.259. The van der Waals surface area contributed by atoms with E-state index >= 15 is 0 Å². The molecular formula is C11H7BrClNO5S. The van der Waals surface area contributed by atoms with Crippen LogP contribution in [0.25, 0.3) is 0 Å². The number of carboxylic acids is 1. The number of aromatic carboxylic acids is 1. The van der Waals surface area contributed by atoms with Crippen LogP contribution in [0.2, 0.25) is 5.02 Å². The minimum Gasteiger partial charge on any atom is -0.475 e. The summed E-state index contributed by atoms with van der Waals surface area (Å²) in [6.45, 7) is 0. The minimum absolute atomic E-state index is 0.259. The predicted molar refractivity (Wildman–Crippen MR) is 75.6 cm³/mol. The molecule has 0 amide bonds. The highest BCUT2D eigenvalue weighted by Crippen LogP contribution is 2.27. The summed E-state index contributed by atoms with van der Waals surface area (Å²) >= 11 is 8.96. The Morgan fingerprint density at radius 1 is 1.30 bits per heavy atom. The first-order chi connectivity index (χ1) is 9.29. The van der Waals surface area contributed by atoms with Crippen molar-refractivity contribution in [3.05, 3.63) is 45.6 Å². The van der Waals surface area contributed by atoms with Gasteiger partial charge in [0.15, 0.2) is 0 Å². The summed E-state index contributed by atoms with van der Waals surface area (Å²) in [5, 5.41) is 8.64. The molecule has 9 heteroatoms. The van der Waals surface area contributed by atoms with Gasteiger partial charge < -0.3 is 9.52 Å². The van der Waals surface area contributed by atoms with E-state index in [9.17, 15) is 13.2 Å². The summed E-state index contributed by atoms with van der Waals surface area (Å²) in [4.78, 5) is 10.7. The molecule has 0 saturated carbocycles. The van der Waals surface area contributed by atoms with Crippen molar-refractivity contribution in [2.45, 2.75) is 5.09 Å². The van der Waals surface area contributed by atoms with E-state index in [1.807, 2.05) is 0 Å². The highest BCUT2D eigenvalue weighted by molar-refractivity contribution is 9.10. The summed E-state index contributed by atoms with van der Waals surface area (Å²) in [6, 6.07) is 6.58. The molecule has 0 aliphatic heterocycles. The maximum absolute atomic E-state index is 12.0. The van der Waals surface area contributed by atoms with E-state index in [0.717, 1.165) is 12.1 Å². The van der Waals surface area contributed by atoms with Gasteiger partial charge in [-0.15, -0.1) is 0 Å². The van der Waals surface area contributed by atoms with Crippen LogP contribution >= 0.6 is 27.5 Å². The maximum atomic E-state index is 12.0. The lowest BCUT2D eigenvalue weighted by atomic mass is 10.3. The van der Waals surface area contributed by atoms with Gasteiger partial charge in [-0.1, -0.05) is 11.6 Å². The number of hydrogen-bond donors (Lipinski definition) is 2. The first-order valence-corrected chi connectivity index (χ1v) is 7.76. The van der Waals surface area contributed by atoms with Gasteiger partial charge in [0.1, 0.15) is 0 Å². The number of nitrogens with one attached hydrogen (secondary N) is 1. The van der Waals surface area contributed by atoms with Crippen LogP contribution < -0.4 is 4.72 Å². The van der Waals surface area contributed by atoms with Crippen LogP contribution in [0, 0.1) is 0 Å². The average Bonchev–Trinajstić information content (AvgIpc) is 2.84. The van der Waals surface area contributed by atoms with Crippen molar-refractivity contribution in [1.29, 1.82) is 0 Å². The van der Waals surface area contributed by atoms with E-state index in [4.69, 9.17) is 21.1 Å². The maximum Gasteiger partial charge on any atom is 0.371 e. The lowest BCUT2D eigenvalue weighted by Crippen LogP contribution is -2.12. The van der Waals surface area contributed by atoms with Crippen molar-refractivity contribution in [3.63, 3.8) is 0 Å². The molecule has 0 atom stereocenters. The molecule has 0 unspecified atom stereocenters. The molecule has 0 aliphatic carbocycles. The minimum atomic E-state index is -4.00. The second-order valence-corrected chi connectivity index (χ2v) is 6.53. The molecule has 106 valence electrons. The zero-order valence-corrected chi connectivity index (χ0v) is 12.8. The quantitative estimate of drug-likeness (QED) is 0.849. The molecular weight excluding hydrogens is 374 g/mol. The third-order valence-corrected chi connectivity index (χ3v) is 4.70. The van der Waals surface area contributed by atoms with Crippen molar-refractivity contribution in [2.75, 3.05) is 4.72 Å². The fourth-order valence-corrected chi connectivity index (χ4v) is 2.83. The zero-order valence-electron chi connectivity index (χ0n) is 9.63. The van der Waals surface area contributed by atoms with E-state index in [-0.39, 0.29) is 5.69 Å². The summed E-state index contributed by atoms with van der Waals surface area (Å²) in [7, 11) is -4.00. The third-order valence-electron chi connectivity index (χ3n) is 2.23. The second-order valence-electron chi connectivity index (χ2n) is 3.66. The average molecular weight is 381 g/mol. The Kier molecular flexibility index (Phi) is 4.07. The van der Waals surface area contributed by atoms with E-state index in [1.165, 1.54) is 18.2 Å². The van der Waals surface area contributed by atoms with Gasteiger partial charge in [0, 0.05) is 4.47 Å². The zero-order chi connectivity index (χ0) is 14.9. The molecule has 2 rings (SSSR count). The first kappa shape index (κ1) is 14.9. The van der Waals surface area contributed by atoms with Crippen LogP contribution in [0.3, 0.4) is 0 Å². The molecule has 0 saturated heterocycles. The molecule has 2 N–H and O–H groups in total. The summed E-state index contributed by atoms with van der Waals surface area (Å²) < 4.78 is 31.5. The van der Waals surface area contributed by atoms with Gasteiger partial charge in [-0.3, -0.25) is 4.72 Å². The molecule has 0 radical (unpaired) electrons. The molecule has 20 heavy (non-hydrogen) atoms. The normalized spacial score (nSPS) is 11.3. The Hall–Kier alpha value is -1.51. The smallest absolute Gasteiger partial charge is 0.371 e. The number of benzene rings is 1. The fraction of sp³-hybridized carbons (Fsp3) is 0. The van der Waals surface area contributed by atoms with Crippen LogP contribution in [-0.2, 0) is 10.0 Å². The molecule has 0 bridgehead atoms. The predicted octanol–water partition coefficient (Wildman–Crippen LogP) is 3.19. The fourth-order valence-electron chi connectivity index (χ4n) is 1.34. The van der Waals surface area contributed by atoms with Crippen LogP contribution in [0.5, 0.6) is 0 Å². The van der Waals surface area contributed by atoms with Gasteiger partial charge in [-0.25, -0.2) is 4.79 Å². The van der Waals surface area contributed by atoms with Gasteiger partial charge in [0.05, 0.1) is 10.7 Å². The second kappa shape index (κ2) is 5.47. The van der Waals surface area contributed by atoms with Crippen LogP contribution in [0.4, 0.5) is 5.69 Å². The molecule has 0 aliphatic rings. The number of carbonyl (C=O) groups is 1. The molecule has 0 spiro atoms. The summed E-state index contributed by atoms with van der Waals surface area (Å²) in [5.74, 6) is -1.80. The van der Waals surface area contributed by atoms with Crippen molar-refractivity contribution in [3.8, 4) is 0 Å². The van der Waals surface area contributed by atoms with Crippen LogP contribution in [-0.4, -0.2) is 19.5 Å². The highest BCUT2D eigenvalue weighted by atomic mass is 79.9. The SMILES string of the molecule is O=C(O)c1ccc(S(=O)(=O)Nc2ccc(Cl)c(Br)c2)o1. The molecule has 1 aromatic heterocycles. The Morgan fingerprint density at radius 3 is 2.55 bits per heavy atom. The number of hydrogen-bond acceptors (Lipinski definition) is 4. The third kappa shape index (κ3) is 3.14. The Bertz CT molecular complexity index is 771. The standard InChI is InChI=1S/C11H7BrClNO5S/c12-7-5-6(1-2-8(7)13)14-20(17,18)10-4-3-9(19-10)11(15)16/h1-5,14H,(H,15,16). The topological polar surface area (TPSA) is 96.6 Å². The molecule has 6 nitrogen and oxygen atoms in total. The lowest BCUT2D eigenvalue weighted by Gasteiger charge is -2.06. The Morgan fingerprint density at radius 2 is 2.00 bits per heavy atom. The number of sulfonamides is 1. The molecule has 1 aromatic carbocycles. The number of carboxylic acid groups (broad SMARTS) is 1. The number of anilines is 1. The molecule has 1 heterocycles. The molecule has 0 fully saturated rings. The number of halogens is 2. The first-order valence-electron chi connectivity index (χ1n) is 5.10. The Labute approximate surface area is 127 Å². The van der Waals surface area contributed by atoms with Gasteiger partial charge in [0.25, 0.3) is 10.0 Å². The van der Waals surface area contributed by atoms with E-state index in [2.05, 4.69) is 20.7 Å². The van der Waals surface area contributed by atoms with Crippen molar-refractivity contribution in [2.24, 2.45) is 0 Å². The van der Waals surface area contributed by atoms with Crippen LogP contribution in [0.15, 0.2) is 44.3 Å². The van der Waals surface area contributed by atoms with E-state index < -0.39 is 26.8 Å². The van der Waals surface area contributed by atoms with E-state index in [0.29, 0.717) is 9.50 Å².